The lowest BCUT2D eigenvalue weighted by atomic mass is 10.2. The first kappa shape index (κ1) is 22.0. The molecule has 2 amide bonds. The lowest BCUT2D eigenvalue weighted by molar-refractivity contribution is -0.885. The van der Waals surface area contributed by atoms with Crippen LogP contribution in [0.5, 0.6) is 17.2 Å². The average Bonchev–Trinajstić information content (AvgIpc) is 2.67. The van der Waals surface area contributed by atoms with Gasteiger partial charge in [0.1, 0.15) is 12.3 Å². The van der Waals surface area contributed by atoms with Crippen LogP contribution in [-0.4, -0.2) is 46.7 Å². The first-order chi connectivity index (χ1) is 13.9. The second-order valence-corrected chi connectivity index (χ2v) is 6.64. The number of benzene rings is 2. The standard InChI is InChI=1S/C21H27N3O5/c1-14(25)22-16-7-9-18(27-3)17(11-16)23-21(26)13-24(2)12-15-6-8-19(28-4)20(10-15)29-5/h6-11H,12-13H2,1-5H3,(H,22,25)(H,23,26)/p+1. The number of hydrogen-bond acceptors (Lipinski definition) is 5. The maximum absolute atomic E-state index is 12.5. The van der Waals surface area contributed by atoms with E-state index in [2.05, 4.69) is 10.6 Å². The minimum absolute atomic E-state index is 0.166. The van der Waals surface area contributed by atoms with Gasteiger partial charge in [-0.1, -0.05) is 0 Å². The molecule has 3 N–H and O–H groups in total. The van der Waals surface area contributed by atoms with Crippen molar-refractivity contribution in [3.05, 3.63) is 42.0 Å². The minimum atomic E-state index is -0.188. The van der Waals surface area contributed by atoms with Crippen molar-refractivity contribution in [2.75, 3.05) is 45.6 Å². The Balaban J connectivity index is 2.02. The van der Waals surface area contributed by atoms with Gasteiger partial charge in [-0.2, -0.15) is 0 Å². The highest BCUT2D eigenvalue weighted by Gasteiger charge is 2.15. The van der Waals surface area contributed by atoms with Crippen molar-refractivity contribution in [1.29, 1.82) is 0 Å². The Morgan fingerprint density at radius 2 is 1.55 bits per heavy atom. The van der Waals surface area contributed by atoms with Crippen molar-refractivity contribution in [3.63, 3.8) is 0 Å². The predicted octanol–water partition coefficient (Wildman–Crippen LogP) is 1.32. The maximum Gasteiger partial charge on any atom is 0.279 e. The summed E-state index contributed by atoms with van der Waals surface area (Å²) in [7, 11) is 6.64. The van der Waals surface area contributed by atoms with Crippen LogP contribution in [-0.2, 0) is 16.1 Å². The van der Waals surface area contributed by atoms with E-state index in [4.69, 9.17) is 14.2 Å². The second-order valence-electron chi connectivity index (χ2n) is 6.64. The molecule has 0 fully saturated rings. The molecule has 2 rings (SSSR count). The number of nitrogens with one attached hydrogen (secondary N) is 3. The number of carbonyl (C=O) groups is 2. The number of carbonyl (C=O) groups excluding carboxylic acids is 2. The lowest BCUT2D eigenvalue weighted by Crippen LogP contribution is -3.08. The molecule has 0 saturated carbocycles. The lowest BCUT2D eigenvalue weighted by Gasteiger charge is -2.16. The van der Waals surface area contributed by atoms with E-state index >= 15 is 0 Å². The highest BCUT2D eigenvalue weighted by Crippen LogP contribution is 2.28. The molecule has 0 aliphatic rings. The number of anilines is 2. The molecular formula is C21H28N3O5+. The van der Waals surface area contributed by atoms with Crippen LogP contribution < -0.4 is 29.7 Å². The zero-order chi connectivity index (χ0) is 21.4. The summed E-state index contributed by atoms with van der Waals surface area (Å²) in [6.07, 6.45) is 0. The average molecular weight is 402 g/mol. The van der Waals surface area contributed by atoms with Crippen molar-refractivity contribution < 1.29 is 28.7 Å². The fourth-order valence-corrected chi connectivity index (χ4v) is 2.96. The van der Waals surface area contributed by atoms with Gasteiger partial charge < -0.3 is 29.7 Å². The smallest absolute Gasteiger partial charge is 0.279 e. The number of quaternary nitrogens is 1. The fraction of sp³-hybridized carbons (Fsp3) is 0.333. The van der Waals surface area contributed by atoms with Crippen LogP contribution in [0.25, 0.3) is 0 Å². The highest BCUT2D eigenvalue weighted by molar-refractivity contribution is 5.95. The van der Waals surface area contributed by atoms with Crippen LogP contribution in [0.4, 0.5) is 11.4 Å². The molecular weight excluding hydrogens is 374 g/mol. The Kier molecular flexibility index (Phi) is 7.85. The number of rotatable bonds is 9. The highest BCUT2D eigenvalue weighted by atomic mass is 16.5. The number of hydrogen-bond donors (Lipinski definition) is 3. The molecule has 2 aromatic carbocycles. The largest absolute Gasteiger partial charge is 0.495 e. The van der Waals surface area contributed by atoms with Crippen LogP contribution in [0.1, 0.15) is 12.5 Å². The van der Waals surface area contributed by atoms with Crippen LogP contribution in [0.15, 0.2) is 36.4 Å². The van der Waals surface area contributed by atoms with Gasteiger partial charge in [0.25, 0.3) is 5.91 Å². The zero-order valence-electron chi connectivity index (χ0n) is 17.4. The van der Waals surface area contributed by atoms with Gasteiger partial charge in [0.15, 0.2) is 18.0 Å². The Bertz CT molecular complexity index is 869. The van der Waals surface area contributed by atoms with Crippen molar-refractivity contribution in [2.45, 2.75) is 13.5 Å². The molecule has 0 spiro atoms. The molecule has 8 nitrogen and oxygen atoms in total. The van der Waals surface area contributed by atoms with E-state index in [1.54, 1.807) is 32.4 Å². The molecule has 0 bridgehead atoms. The van der Waals surface area contributed by atoms with E-state index in [1.807, 2.05) is 25.2 Å². The predicted molar refractivity (Wildman–Crippen MR) is 111 cm³/mol. The molecule has 0 heterocycles. The quantitative estimate of drug-likeness (QED) is 0.589. The summed E-state index contributed by atoms with van der Waals surface area (Å²) in [5.41, 5.74) is 2.11. The third kappa shape index (κ3) is 6.39. The van der Waals surface area contributed by atoms with Gasteiger partial charge >= 0.3 is 0 Å². The topological polar surface area (TPSA) is 90.3 Å². The molecule has 0 aliphatic carbocycles. The van der Waals surface area contributed by atoms with Crippen LogP contribution in [0, 0.1) is 0 Å². The van der Waals surface area contributed by atoms with Gasteiger partial charge in [0.2, 0.25) is 5.91 Å². The SMILES string of the molecule is COc1ccc(NC(C)=O)cc1NC(=O)C[NH+](C)Cc1ccc(OC)c(OC)c1. The van der Waals surface area contributed by atoms with Crippen molar-refractivity contribution >= 4 is 23.2 Å². The minimum Gasteiger partial charge on any atom is -0.495 e. The number of likely N-dealkylation sites (N-methyl/N-ethyl adjacent to an activating group) is 1. The summed E-state index contributed by atoms with van der Waals surface area (Å²) in [5.74, 6) is 1.48. The van der Waals surface area contributed by atoms with Gasteiger partial charge in [-0.05, 0) is 36.4 Å². The Labute approximate surface area is 170 Å². The van der Waals surface area contributed by atoms with Gasteiger partial charge in [-0.3, -0.25) is 9.59 Å². The third-order valence-electron chi connectivity index (χ3n) is 4.21. The van der Waals surface area contributed by atoms with E-state index in [-0.39, 0.29) is 18.4 Å². The molecule has 0 aromatic heterocycles. The number of methoxy groups -OCH3 is 3. The summed E-state index contributed by atoms with van der Waals surface area (Å²) < 4.78 is 15.9. The van der Waals surface area contributed by atoms with E-state index < -0.39 is 0 Å². The molecule has 0 saturated heterocycles. The molecule has 2 aromatic rings. The summed E-state index contributed by atoms with van der Waals surface area (Å²) in [6, 6.07) is 10.8. The Morgan fingerprint density at radius 3 is 2.17 bits per heavy atom. The summed E-state index contributed by atoms with van der Waals surface area (Å²) >= 11 is 0. The summed E-state index contributed by atoms with van der Waals surface area (Å²) in [5, 5.41) is 5.54. The zero-order valence-corrected chi connectivity index (χ0v) is 17.4. The van der Waals surface area contributed by atoms with E-state index in [0.29, 0.717) is 35.2 Å². The molecule has 1 unspecified atom stereocenters. The monoisotopic (exact) mass is 402 g/mol. The Morgan fingerprint density at radius 1 is 0.897 bits per heavy atom. The van der Waals surface area contributed by atoms with Crippen molar-refractivity contribution in [3.8, 4) is 17.2 Å². The van der Waals surface area contributed by atoms with Gasteiger partial charge in [0, 0.05) is 18.2 Å². The summed E-state index contributed by atoms with van der Waals surface area (Å²) in [4.78, 5) is 24.8. The first-order valence-corrected chi connectivity index (χ1v) is 9.14. The van der Waals surface area contributed by atoms with Crippen LogP contribution >= 0.6 is 0 Å². The van der Waals surface area contributed by atoms with E-state index in [1.165, 1.54) is 14.0 Å². The van der Waals surface area contributed by atoms with Crippen LogP contribution in [0.3, 0.4) is 0 Å². The third-order valence-corrected chi connectivity index (χ3v) is 4.21. The van der Waals surface area contributed by atoms with Crippen molar-refractivity contribution in [2.24, 2.45) is 0 Å². The van der Waals surface area contributed by atoms with E-state index in [0.717, 1.165) is 10.5 Å². The normalized spacial score (nSPS) is 11.3. The maximum atomic E-state index is 12.5. The first-order valence-electron chi connectivity index (χ1n) is 9.14. The number of ether oxygens (including phenoxy) is 3. The molecule has 0 aliphatic heterocycles. The molecule has 0 radical (unpaired) electrons. The van der Waals surface area contributed by atoms with Gasteiger partial charge in [0.05, 0.1) is 34.1 Å². The molecule has 1 atom stereocenters. The molecule has 29 heavy (non-hydrogen) atoms. The second kappa shape index (κ2) is 10.3. The van der Waals surface area contributed by atoms with Gasteiger partial charge in [-0.25, -0.2) is 0 Å². The molecule has 8 heteroatoms. The Hall–Kier alpha value is -3.26. The van der Waals surface area contributed by atoms with Crippen LogP contribution in [0.2, 0.25) is 0 Å². The summed E-state index contributed by atoms with van der Waals surface area (Å²) in [6.45, 7) is 2.31. The van der Waals surface area contributed by atoms with Gasteiger partial charge in [-0.15, -0.1) is 0 Å². The van der Waals surface area contributed by atoms with Crippen molar-refractivity contribution in [1.82, 2.24) is 0 Å². The number of amides is 2. The molecule has 156 valence electrons. The fourth-order valence-electron chi connectivity index (χ4n) is 2.96. The van der Waals surface area contributed by atoms with E-state index in [9.17, 15) is 9.59 Å².